The quantitative estimate of drug-likeness (QED) is 0.0578. The fourth-order valence-corrected chi connectivity index (χ4v) is 7.08. The third-order valence-electron chi connectivity index (χ3n) is 9.16. The maximum atomic E-state index is 13.0. The first-order valence-corrected chi connectivity index (χ1v) is 22.5. The molecule has 1 N–H and O–H groups in total. The Balaban J connectivity index is 1.36. The Labute approximate surface area is 324 Å². The minimum absolute atomic E-state index is 0.209. The van der Waals surface area contributed by atoms with Crippen molar-refractivity contribution in [2.24, 2.45) is 0 Å². The number of anilines is 1. The standard InChI is InChI=1S/C40H55N7O7Si/c1-40(2,3)54-39(50)46-25-29(24-33(46)37(48)51-5)42-34-18-12-16-31(43-34)30-19-20-41-36-35(30)32(47(44-36)27-52-22-23-55(6,7)8)17-13-21-45(4)38(49)53-26-28-14-10-9-11-15-28/h9-12,14-16,18-20,29,33H,13,17,21-27H2,1-8H3,(H,42,43)/t29-,33-/m0/s1. The number of hydrogen-bond donors (Lipinski definition) is 1. The number of amides is 2. The van der Waals surface area contributed by atoms with Gasteiger partial charge in [0.15, 0.2) is 5.65 Å². The molecule has 5 rings (SSSR count). The van der Waals surface area contributed by atoms with Gasteiger partial charge in [-0.1, -0.05) is 56.0 Å². The number of nitrogens with one attached hydrogen (secondary N) is 1. The molecule has 4 aromatic rings. The first kappa shape index (κ1) is 41.1. The van der Waals surface area contributed by atoms with Gasteiger partial charge in [0.1, 0.15) is 30.8 Å². The number of methoxy groups -OCH3 is 1. The number of rotatable bonds is 15. The maximum Gasteiger partial charge on any atom is 0.411 e. The Hall–Kier alpha value is -5.02. The molecule has 15 heteroatoms. The summed E-state index contributed by atoms with van der Waals surface area (Å²) in [5.41, 5.74) is 3.27. The highest BCUT2D eigenvalue weighted by atomic mass is 28.3. The summed E-state index contributed by atoms with van der Waals surface area (Å²) >= 11 is 0. The van der Waals surface area contributed by atoms with Gasteiger partial charge in [0, 0.05) is 59.0 Å². The van der Waals surface area contributed by atoms with Crippen molar-refractivity contribution in [3.8, 4) is 11.3 Å². The number of nitrogens with zero attached hydrogens (tertiary/aromatic N) is 6. The molecule has 0 bridgehead atoms. The third kappa shape index (κ3) is 11.5. The van der Waals surface area contributed by atoms with Crippen molar-refractivity contribution in [2.45, 2.75) is 96.7 Å². The lowest BCUT2D eigenvalue weighted by molar-refractivity contribution is -0.145. The van der Waals surface area contributed by atoms with Crippen LogP contribution in [0.5, 0.6) is 0 Å². The van der Waals surface area contributed by atoms with Crippen molar-refractivity contribution in [1.29, 1.82) is 0 Å². The number of likely N-dealkylation sites (tertiary alicyclic amines) is 1. The minimum atomic E-state index is -1.30. The smallest absolute Gasteiger partial charge is 0.411 e. The molecule has 4 heterocycles. The first-order valence-electron chi connectivity index (χ1n) is 18.8. The molecule has 0 aliphatic carbocycles. The predicted molar refractivity (Wildman–Crippen MR) is 213 cm³/mol. The van der Waals surface area contributed by atoms with Gasteiger partial charge in [-0.3, -0.25) is 4.90 Å². The maximum absolute atomic E-state index is 13.0. The molecule has 2 atom stereocenters. The summed E-state index contributed by atoms with van der Waals surface area (Å²) in [6, 6.07) is 17.2. The van der Waals surface area contributed by atoms with E-state index in [9.17, 15) is 14.4 Å². The molecule has 296 valence electrons. The number of fused-ring (bicyclic) bond motifs is 1. The van der Waals surface area contributed by atoms with E-state index in [1.807, 2.05) is 59.3 Å². The minimum Gasteiger partial charge on any atom is -0.467 e. The molecule has 0 unspecified atom stereocenters. The zero-order valence-corrected chi connectivity index (χ0v) is 34.3. The van der Waals surface area contributed by atoms with Crippen LogP contribution in [0, 0.1) is 0 Å². The van der Waals surface area contributed by atoms with E-state index in [0.717, 1.165) is 28.3 Å². The number of ether oxygens (including phenoxy) is 4. The molecule has 1 aliphatic rings. The molecule has 1 aliphatic heterocycles. The lowest BCUT2D eigenvalue weighted by Gasteiger charge is -2.27. The van der Waals surface area contributed by atoms with Crippen LogP contribution in [-0.4, -0.2) is 107 Å². The van der Waals surface area contributed by atoms with Crippen LogP contribution in [-0.2, 0) is 43.5 Å². The number of benzene rings is 1. The van der Waals surface area contributed by atoms with Crippen LogP contribution < -0.4 is 5.32 Å². The lowest BCUT2D eigenvalue weighted by Crippen LogP contribution is -2.44. The largest absolute Gasteiger partial charge is 0.467 e. The van der Waals surface area contributed by atoms with E-state index in [1.54, 1.807) is 38.9 Å². The Morgan fingerprint density at radius 2 is 1.80 bits per heavy atom. The topological polar surface area (TPSA) is 150 Å². The molecule has 3 aromatic heterocycles. The second-order valence-corrected chi connectivity index (χ2v) is 21.7. The van der Waals surface area contributed by atoms with Gasteiger partial charge in [-0.05, 0) is 63.4 Å². The molecular weight excluding hydrogens is 719 g/mol. The summed E-state index contributed by atoms with van der Waals surface area (Å²) in [6.07, 6.45) is 2.34. The Kier molecular flexibility index (Phi) is 13.5. The highest BCUT2D eigenvalue weighted by Gasteiger charge is 2.42. The average molecular weight is 774 g/mol. The first-order chi connectivity index (χ1) is 26.1. The summed E-state index contributed by atoms with van der Waals surface area (Å²) < 4.78 is 24.2. The van der Waals surface area contributed by atoms with E-state index in [0.29, 0.717) is 49.6 Å². The van der Waals surface area contributed by atoms with Crippen molar-refractivity contribution >= 4 is 43.1 Å². The van der Waals surface area contributed by atoms with Crippen LogP contribution >= 0.6 is 0 Å². The monoisotopic (exact) mass is 773 g/mol. The number of aryl methyl sites for hydroxylation is 1. The second-order valence-electron chi connectivity index (χ2n) is 16.1. The Morgan fingerprint density at radius 1 is 1.04 bits per heavy atom. The molecule has 1 saturated heterocycles. The van der Waals surface area contributed by atoms with Crippen LogP contribution in [0.25, 0.3) is 22.3 Å². The molecular formula is C40H55N7O7Si. The normalized spacial score (nSPS) is 15.9. The highest BCUT2D eigenvalue weighted by Crippen LogP contribution is 2.32. The van der Waals surface area contributed by atoms with Crippen LogP contribution in [0.1, 0.15) is 44.9 Å². The molecule has 0 saturated carbocycles. The van der Waals surface area contributed by atoms with Gasteiger partial charge in [-0.2, -0.15) is 0 Å². The number of aromatic nitrogens is 4. The van der Waals surface area contributed by atoms with Crippen LogP contribution in [0.3, 0.4) is 0 Å². The fourth-order valence-electron chi connectivity index (χ4n) is 6.32. The highest BCUT2D eigenvalue weighted by molar-refractivity contribution is 6.76. The summed E-state index contributed by atoms with van der Waals surface area (Å²) in [6.45, 7) is 14.1. The van der Waals surface area contributed by atoms with Gasteiger partial charge in [0.05, 0.1) is 23.9 Å². The van der Waals surface area contributed by atoms with Crippen LogP contribution in [0.15, 0.2) is 60.8 Å². The third-order valence-corrected chi connectivity index (χ3v) is 10.9. The molecule has 14 nitrogen and oxygen atoms in total. The van der Waals surface area contributed by atoms with Crippen LogP contribution in [0.2, 0.25) is 25.7 Å². The lowest BCUT2D eigenvalue weighted by atomic mass is 10.0. The number of esters is 1. The molecule has 1 aromatic carbocycles. The van der Waals surface area contributed by atoms with E-state index < -0.39 is 31.8 Å². The number of carbonyl (C=O) groups excluding carboxylic acids is 3. The van der Waals surface area contributed by atoms with E-state index >= 15 is 0 Å². The van der Waals surface area contributed by atoms with Crippen LogP contribution in [0.4, 0.5) is 15.4 Å². The number of carbonyl (C=O) groups is 3. The summed E-state index contributed by atoms with van der Waals surface area (Å²) in [7, 11) is 1.75. The van der Waals surface area contributed by atoms with E-state index in [2.05, 4.69) is 29.9 Å². The number of pyridine rings is 2. The van der Waals surface area contributed by atoms with Crippen molar-refractivity contribution in [2.75, 3.05) is 39.2 Å². The summed E-state index contributed by atoms with van der Waals surface area (Å²) in [5, 5.41) is 9.16. The van der Waals surface area contributed by atoms with E-state index in [-0.39, 0.29) is 32.0 Å². The molecule has 0 radical (unpaired) electrons. The molecule has 0 spiro atoms. The predicted octanol–water partition coefficient (Wildman–Crippen LogP) is 6.97. The zero-order valence-electron chi connectivity index (χ0n) is 33.3. The SMILES string of the molecule is COC(=O)[C@@H]1C[C@H](Nc2cccc(-c3ccnc4nn(COCC[Si](C)(C)C)c(CCCN(C)C(=O)OCc5ccccc5)c34)n2)CN1C(=O)OC(C)(C)C. The van der Waals surface area contributed by atoms with Gasteiger partial charge >= 0.3 is 18.2 Å². The van der Waals surface area contributed by atoms with Crippen molar-refractivity contribution in [3.05, 3.63) is 72.1 Å². The Morgan fingerprint density at radius 3 is 2.51 bits per heavy atom. The molecule has 55 heavy (non-hydrogen) atoms. The number of hydrogen-bond acceptors (Lipinski definition) is 11. The van der Waals surface area contributed by atoms with Gasteiger partial charge in [0.2, 0.25) is 0 Å². The fraction of sp³-hybridized carbons (Fsp3) is 0.500. The summed E-state index contributed by atoms with van der Waals surface area (Å²) in [5.74, 6) is 0.0849. The van der Waals surface area contributed by atoms with Gasteiger partial charge in [-0.25, -0.2) is 29.0 Å². The van der Waals surface area contributed by atoms with Gasteiger partial charge in [0.25, 0.3) is 0 Å². The van der Waals surface area contributed by atoms with E-state index in [1.165, 1.54) is 12.0 Å². The van der Waals surface area contributed by atoms with Gasteiger partial charge < -0.3 is 29.2 Å². The average Bonchev–Trinajstić information content (AvgIpc) is 3.73. The Bertz CT molecular complexity index is 1930. The summed E-state index contributed by atoms with van der Waals surface area (Å²) in [4.78, 5) is 51.2. The van der Waals surface area contributed by atoms with Crippen molar-refractivity contribution < 1.29 is 33.3 Å². The second kappa shape index (κ2) is 18.1. The molecule has 1 fully saturated rings. The zero-order chi connectivity index (χ0) is 39.8. The van der Waals surface area contributed by atoms with Crippen molar-refractivity contribution in [1.82, 2.24) is 29.5 Å². The van der Waals surface area contributed by atoms with E-state index in [4.69, 9.17) is 29.0 Å². The molecule has 2 amide bonds. The van der Waals surface area contributed by atoms with Crippen molar-refractivity contribution in [3.63, 3.8) is 0 Å². The van der Waals surface area contributed by atoms with Gasteiger partial charge in [-0.15, -0.1) is 5.10 Å².